The molecule has 0 fully saturated rings. The van der Waals surface area contributed by atoms with Gasteiger partial charge in [-0.25, -0.2) is 19.3 Å². The summed E-state index contributed by atoms with van der Waals surface area (Å²) in [5.74, 6) is 0.765. The van der Waals surface area contributed by atoms with Crippen molar-refractivity contribution < 1.29 is 9.13 Å². The van der Waals surface area contributed by atoms with Crippen LogP contribution >= 0.6 is 27.3 Å². The van der Waals surface area contributed by atoms with Crippen molar-refractivity contribution in [2.75, 3.05) is 26.0 Å². The molecule has 29 heavy (non-hydrogen) atoms. The minimum Gasteiger partial charge on any atom is -0.488 e. The molecule has 6 nitrogen and oxygen atoms in total. The van der Waals surface area contributed by atoms with E-state index >= 15 is 0 Å². The molecule has 2 heterocycles. The number of fused-ring (bicyclic) bond motifs is 2. The van der Waals surface area contributed by atoms with Crippen molar-refractivity contribution in [1.82, 2.24) is 19.9 Å². The van der Waals surface area contributed by atoms with Gasteiger partial charge in [0.15, 0.2) is 5.82 Å². The highest BCUT2D eigenvalue weighted by Crippen LogP contribution is 2.36. The van der Waals surface area contributed by atoms with Gasteiger partial charge in [-0.2, -0.15) is 0 Å². The monoisotopic (exact) mass is 475 g/mol. The lowest BCUT2D eigenvalue weighted by Crippen LogP contribution is -2.28. The van der Waals surface area contributed by atoms with Crippen LogP contribution in [0.5, 0.6) is 5.75 Å². The predicted octanol–water partition coefficient (Wildman–Crippen LogP) is 5.21. The molecule has 0 spiro atoms. The number of nitrogens with zero attached hydrogens (tertiary/aromatic N) is 4. The lowest BCUT2D eigenvalue weighted by Gasteiger charge is -2.20. The molecule has 0 aliphatic heterocycles. The highest BCUT2D eigenvalue weighted by Gasteiger charge is 2.17. The zero-order chi connectivity index (χ0) is 20.5. The van der Waals surface area contributed by atoms with E-state index in [1.54, 1.807) is 17.6 Å². The molecular weight excluding hydrogens is 457 g/mol. The predicted molar refractivity (Wildman–Crippen MR) is 119 cm³/mol. The summed E-state index contributed by atoms with van der Waals surface area (Å²) in [5.41, 5.74) is 3.30. The third-order valence-electron chi connectivity index (χ3n) is 4.31. The van der Waals surface area contributed by atoms with Gasteiger partial charge in [-0.05, 0) is 45.3 Å². The first-order valence-corrected chi connectivity index (χ1v) is 10.6. The van der Waals surface area contributed by atoms with E-state index in [1.165, 1.54) is 17.7 Å². The van der Waals surface area contributed by atoms with Crippen LogP contribution in [0.3, 0.4) is 0 Å². The Morgan fingerprint density at radius 2 is 2.03 bits per heavy atom. The molecule has 0 radical (unpaired) electrons. The van der Waals surface area contributed by atoms with Crippen LogP contribution < -0.4 is 10.1 Å². The van der Waals surface area contributed by atoms with Gasteiger partial charge < -0.3 is 15.0 Å². The van der Waals surface area contributed by atoms with Crippen molar-refractivity contribution >= 4 is 59.9 Å². The van der Waals surface area contributed by atoms with Gasteiger partial charge in [-0.15, -0.1) is 11.3 Å². The number of likely N-dealkylation sites (N-methyl/N-ethyl adjacent to an activating group) is 1. The third kappa shape index (κ3) is 4.17. The Morgan fingerprint density at radius 3 is 2.83 bits per heavy atom. The van der Waals surface area contributed by atoms with Crippen molar-refractivity contribution in [3.63, 3.8) is 0 Å². The lowest BCUT2D eigenvalue weighted by molar-refractivity contribution is 0.179. The molecule has 9 heteroatoms. The van der Waals surface area contributed by atoms with Crippen molar-refractivity contribution in [2.45, 2.75) is 13.0 Å². The number of rotatable bonds is 6. The fraction of sp³-hybridized carbons (Fsp3) is 0.250. The number of anilines is 2. The largest absolute Gasteiger partial charge is 0.488 e. The van der Waals surface area contributed by atoms with Crippen molar-refractivity contribution in [1.29, 1.82) is 0 Å². The number of thiazole rings is 1. The fourth-order valence-corrected chi connectivity index (χ4v) is 4.35. The van der Waals surface area contributed by atoms with E-state index in [1.807, 2.05) is 33.2 Å². The van der Waals surface area contributed by atoms with E-state index in [0.717, 1.165) is 11.0 Å². The average Bonchev–Trinajstić information content (AvgIpc) is 3.12. The highest BCUT2D eigenvalue weighted by atomic mass is 79.9. The second-order valence-electron chi connectivity index (χ2n) is 6.96. The maximum absolute atomic E-state index is 14.9. The molecule has 4 aromatic rings. The summed E-state index contributed by atoms with van der Waals surface area (Å²) < 4.78 is 22.5. The quantitative estimate of drug-likeness (QED) is 0.412. The number of hydrogen-bond acceptors (Lipinski definition) is 7. The summed E-state index contributed by atoms with van der Waals surface area (Å²) in [6.45, 7) is 2.75. The molecule has 0 unspecified atom stereocenters. The number of halogens is 2. The Morgan fingerprint density at radius 1 is 1.21 bits per heavy atom. The van der Waals surface area contributed by atoms with Gasteiger partial charge in [0, 0.05) is 11.0 Å². The molecule has 0 saturated carbocycles. The third-order valence-corrected chi connectivity index (χ3v) is 5.60. The van der Waals surface area contributed by atoms with Crippen LogP contribution in [0.2, 0.25) is 0 Å². The molecular formula is C20H19BrFN5OS. The molecule has 150 valence electrons. The smallest absolute Gasteiger partial charge is 0.166 e. The molecule has 1 N–H and O–H groups in total. The van der Waals surface area contributed by atoms with E-state index in [0.29, 0.717) is 38.4 Å². The van der Waals surface area contributed by atoms with Gasteiger partial charge in [-0.1, -0.05) is 15.9 Å². The Kier molecular flexibility index (Phi) is 5.62. The van der Waals surface area contributed by atoms with Crippen molar-refractivity contribution in [3.8, 4) is 5.75 Å². The number of benzene rings is 2. The molecule has 4 rings (SSSR count). The Hall–Kier alpha value is -2.36. The highest BCUT2D eigenvalue weighted by molar-refractivity contribution is 9.10. The SMILES string of the molecule is C[C@H](CN(C)C)Oc1cc(Br)cc2ncnc(Nc3ccc4ncsc4c3F)c12. The molecule has 1 atom stereocenters. The number of aromatic nitrogens is 3. The van der Waals surface area contributed by atoms with Crippen LogP contribution in [-0.2, 0) is 0 Å². The number of nitrogens with one attached hydrogen (secondary N) is 1. The first-order valence-electron chi connectivity index (χ1n) is 8.96. The maximum atomic E-state index is 14.9. The van der Waals surface area contributed by atoms with Crippen LogP contribution in [0, 0.1) is 5.82 Å². The molecule has 0 amide bonds. The molecule has 0 saturated heterocycles. The lowest BCUT2D eigenvalue weighted by atomic mass is 10.2. The fourth-order valence-electron chi connectivity index (χ4n) is 3.20. The van der Waals surface area contributed by atoms with Gasteiger partial charge in [0.25, 0.3) is 0 Å². The van der Waals surface area contributed by atoms with Crippen molar-refractivity contribution in [2.24, 2.45) is 0 Å². The van der Waals surface area contributed by atoms with Gasteiger partial charge in [0.2, 0.25) is 0 Å². The minimum atomic E-state index is -0.350. The van der Waals surface area contributed by atoms with E-state index in [2.05, 4.69) is 41.1 Å². The summed E-state index contributed by atoms with van der Waals surface area (Å²) in [4.78, 5) is 14.9. The number of ether oxygens (including phenoxy) is 1. The Balaban J connectivity index is 1.78. The zero-order valence-corrected chi connectivity index (χ0v) is 18.5. The summed E-state index contributed by atoms with van der Waals surface area (Å²) in [5, 5.41) is 3.82. The van der Waals surface area contributed by atoms with Gasteiger partial charge in [0.1, 0.15) is 24.0 Å². The summed E-state index contributed by atoms with van der Waals surface area (Å²) in [6.07, 6.45) is 1.40. The van der Waals surface area contributed by atoms with Gasteiger partial charge >= 0.3 is 0 Å². The average molecular weight is 476 g/mol. The minimum absolute atomic E-state index is 0.0548. The van der Waals surface area contributed by atoms with E-state index in [4.69, 9.17) is 4.74 Å². The van der Waals surface area contributed by atoms with Crippen LogP contribution in [0.4, 0.5) is 15.9 Å². The molecule has 0 aliphatic carbocycles. The van der Waals surface area contributed by atoms with E-state index < -0.39 is 0 Å². The molecule has 2 aromatic heterocycles. The second kappa shape index (κ2) is 8.17. The summed E-state index contributed by atoms with van der Waals surface area (Å²) in [6, 6.07) is 7.22. The Labute approximate surface area is 179 Å². The van der Waals surface area contributed by atoms with Crippen LogP contribution in [0.1, 0.15) is 6.92 Å². The van der Waals surface area contributed by atoms with Crippen LogP contribution in [-0.4, -0.2) is 46.6 Å². The zero-order valence-electron chi connectivity index (χ0n) is 16.1. The first kappa shape index (κ1) is 19.9. The van der Waals surface area contributed by atoms with Crippen LogP contribution in [0.25, 0.3) is 21.1 Å². The second-order valence-corrected chi connectivity index (χ2v) is 8.73. The van der Waals surface area contributed by atoms with Crippen LogP contribution in [0.15, 0.2) is 40.6 Å². The normalized spacial score (nSPS) is 12.6. The summed E-state index contributed by atoms with van der Waals surface area (Å²) >= 11 is 4.78. The van der Waals surface area contributed by atoms with Gasteiger partial charge in [-0.3, -0.25) is 0 Å². The first-order chi connectivity index (χ1) is 13.9. The molecule has 0 bridgehead atoms. The number of hydrogen-bond donors (Lipinski definition) is 1. The Bertz CT molecular complexity index is 1180. The van der Waals surface area contributed by atoms with Crippen molar-refractivity contribution in [3.05, 3.63) is 46.4 Å². The topological polar surface area (TPSA) is 63.2 Å². The molecule has 2 aromatic carbocycles. The summed E-state index contributed by atoms with van der Waals surface area (Å²) in [7, 11) is 3.99. The standard InChI is InChI=1S/C20H19BrFN5OS/c1-11(8-27(2)3)28-16-7-12(21)6-15-17(16)20(24-9-23-15)26-13-4-5-14-19(18(13)22)29-10-25-14/h4-7,9-11H,8H2,1-3H3,(H,23,24,26)/t11-/m1/s1. The molecule has 0 aliphatic rings. The maximum Gasteiger partial charge on any atom is 0.166 e. The van der Waals surface area contributed by atoms with E-state index in [9.17, 15) is 4.39 Å². The van der Waals surface area contributed by atoms with E-state index in [-0.39, 0.29) is 11.9 Å². The van der Waals surface area contributed by atoms with Gasteiger partial charge in [0.05, 0.1) is 32.3 Å².